The highest BCUT2D eigenvalue weighted by atomic mass is 16.5. The van der Waals surface area contributed by atoms with Gasteiger partial charge in [-0.25, -0.2) is 9.78 Å². The summed E-state index contributed by atoms with van der Waals surface area (Å²) in [6, 6.07) is 5.95. The number of carbonyl (C=O) groups excluding carboxylic acids is 2. The van der Waals surface area contributed by atoms with Crippen LogP contribution in [0, 0.1) is 0 Å². The molecule has 0 atom stereocenters. The minimum atomic E-state index is -0.555. The molecule has 0 saturated carbocycles. The molecule has 1 aliphatic rings. The van der Waals surface area contributed by atoms with Crippen LogP contribution < -0.4 is 5.56 Å². The van der Waals surface area contributed by atoms with E-state index in [-0.39, 0.29) is 29.5 Å². The predicted molar refractivity (Wildman–Crippen MR) is 105 cm³/mol. The number of fused-ring (bicyclic) bond motifs is 5. The van der Waals surface area contributed by atoms with Crippen LogP contribution in [0.5, 0.6) is 0 Å². The van der Waals surface area contributed by atoms with Gasteiger partial charge in [-0.1, -0.05) is 18.2 Å². The molecule has 8 nitrogen and oxygen atoms in total. The summed E-state index contributed by atoms with van der Waals surface area (Å²) in [5.41, 5.74) is 4.52. The van der Waals surface area contributed by atoms with Crippen molar-refractivity contribution < 1.29 is 19.1 Å². The van der Waals surface area contributed by atoms with Gasteiger partial charge in [-0.05, 0) is 31.4 Å². The lowest BCUT2D eigenvalue weighted by Gasteiger charge is -2.05. The lowest BCUT2D eigenvalue weighted by atomic mass is 10.0. The van der Waals surface area contributed by atoms with Gasteiger partial charge in [-0.2, -0.15) is 0 Å². The van der Waals surface area contributed by atoms with Gasteiger partial charge in [0.1, 0.15) is 0 Å². The summed E-state index contributed by atoms with van der Waals surface area (Å²) in [6.07, 6.45) is 3.05. The molecule has 29 heavy (non-hydrogen) atoms. The molecule has 4 rings (SSSR count). The summed E-state index contributed by atoms with van der Waals surface area (Å²) >= 11 is 0. The van der Waals surface area contributed by atoms with Gasteiger partial charge in [-0.15, -0.1) is 0 Å². The normalized spacial score (nSPS) is 11.9. The Balaban J connectivity index is 1.67. The lowest BCUT2D eigenvalue weighted by Crippen LogP contribution is -2.13. The van der Waals surface area contributed by atoms with Gasteiger partial charge < -0.3 is 14.5 Å². The van der Waals surface area contributed by atoms with E-state index in [4.69, 9.17) is 9.47 Å². The number of esters is 2. The van der Waals surface area contributed by atoms with Crippen molar-refractivity contribution in [3.63, 3.8) is 0 Å². The van der Waals surface area contributed by atoms with Gasteiger partial charge in [0, 0.05) is 24.6 Å². The van der Waals surface area contributed by atoms with Crippen LogP contribution >= 0.6 is 0 Å². The van der Waals surface area contributed by atoms with E-state index in [9.17, 15) is 14.4 Å². The summed E-state index contributed by atoms with van der Waals surface area (Å²) < 4.78 is 11.6. The molecule has 0 aliphatic heterocycles. The molecule has 2 heterocycles. The van der Waals surface area contributed by atoms with E-state index >= 15 is 0 Å². The van der Waals surface area contributed by atoms with Crippen LogP contribution in [0.25, 0.3) is 16.9 Å². The fraction of sp³-hybridized carbons (Fsp3) is 0.333. The second-order valence-corrected chi connectivity index (χ2v) is 6.79. The fourth-order valence-electron chi connectivity index (χ4n) is 3.66. The molecular weight excluding hydrogens is 374 g/mol. The zero-order valence-corrected chi connectivity index (χ0v) is 16.3. The van der Waals surface area contributed by atoms with Crippen LogP contribution in [0.4, 0.5) is 0 Å². The number of nitrogens with one attached hydrogen (secondary N) is 1. The first kappa shape index (κ1) is 18.9. The fourth-order valence-corrected chi connectivity index (χ4v) is 3.66. The maximum atomic E-state index is 12.5. The van der Waals surface area contributed by atoms with Crippen LogP contribution in [0.2, 0.25) is 0 Å². The van der Waals surface area contributed by atoms with Crippen molar-refractivity contribution in [2.24, 2.45) is 0 Å². The van der Waals surface area contributed by atoms with Gasteiger partial charge in [0.05, 0.1) is 24.6 Å². The van der Waals surface area contributed by atoms with E-state index in [0.29, 0.717) is 25.9 Å². The Hall–Kier alpha value is -3.42. The van der Waals surface area contributed by atoms with Crippen LogP contribution in [0.1, 0.15) is 47.6 Å². The van der Waals surface area contributed by atoms with Crippen LogP contribution in [0.15, 0.2) is 29.2 Å². The second kappa shape index (κ2) is 7.54. The average Bonchev–Trinajstić information content (AvgIpc) is 3.29. The third-order valence-corrected chi connectivity index (χ3v) is 4.93. The molecule has 0 fully saturated rings. The Morgan fingerprint density at radius 2 is 2.00 bits per heavy atom. The molecule has 0 unspecified atom stereocenters. The molecule has 1 aliphatic carbocycles. The highest BCUT2D eigenvalue weighted by Gasteiger charge is 2.25. The minimum Gasteiger partial charge on any atom is -0.466 e. The largest absolute Gasteiger partial charge is 0.466 e. The highest BCUT2D eigenvalue weighted by molar-refractivity contribution is 5.88. The van der Waals surface area contributed by atoms with Crippen molar-refractivity contribution >= 4 is 17.6 Å². The van der Waals surface area contributed by atoms with E-state index in [1.165, 1.54) is 0 Å². The molecule has 2 aromatic heterocycles. The minimum absolute atomic E-state index is 0.108. The van der Waals surface area contributed by atoms with Crippen molar-refractivity contribution in [2.45, 2.75) is 33.1 Å². The molecule has 0 radical (unpaired) electrons. The number of aryl methyl sites for hydroxylation is 1. The number of hydrogen-bond acceptors (Lipinski definition) is 6. The van der Waals surface area contributed by atoms with Crippen molar-refractivity contribution in [2.75, 3.05) is 13.2 Å². The third kappa shape index (κ3) is 3.41. The number of imidazole rings is 1. The first-order chi connectivity index (χ1) is 14.0. The van der Waals surface area contributed by atoms with Gasteiger partial charge in [0.2, 0.25) is 5.65 Å². The topological polar surface area (TPSA) is 103 Å². The van der Waals surface area contributed by atoms with Crippen molar-refractivity contribution in [1.29, 1.82) is 0 Å². The zero-order chi connectivity index (χ0) is 20.5. The van der Waals surface area contributed by atoms with E-state index in [1.54, 1.807) is 24.4 Å². The average molecular weight is 395 g/mol. The summed E-state index contributed by atoms with van der Waals surface area (Å²) in [7, 11) is 0. The van der Waals surface area contributed by atoms with Gasteiger partial charge in [-0.3, -0.25) is 14.0 Å². The molecule has 8 heteroatoms. The Kier molecular flexibility index (Phi) is 4.92. The maximum Gasteiger partial charge on any atom is 0.358 e. The summed E-state index contributed by atoms with van der Waals surface area (Å²) in [6.45, 7) is 4.12. The standard InChI is InChI=1S/C21H21N3O5/c1-3-28-17(25)8-6-12-5-7-14-13(9-12)10-16-18(14)23-20(26)19-22-15(11-24(16)19)21(27)29-4-2/h5,7,9,11H,3-4,6,8,10H2,1-2H3,(H,23,26). The number of aromatic nitrogens is 3. The van der Waals surface area contributed by atoms with Crippen LogP contribution in [0.3, 0.4) is 0 Å². The van der Waals surface area contributed by atoms with E-state index in [2.05, 4.69) is 9.97 Å². The number of rotatable bonds is 6. The Morgan fingerprint density at radius 3 is 2.76 bits per heavy atom. The summed E-state index contributed by atoms with van der Waals surface area (Å²) in [4.78, 5) is 43.2. The van der Waals surface area contributed by atoms with E-state index in [1.807, 2.05) is 18.2 Å². The SMILES string of the molecule is CCOC(=O)CCc1ccc2c(c1)Cc1c-2[nH]c(=O)c2nc(C(=O)OCC)cn12. The smallest absolute Gasteiger partial charge is 0.358 e. The third-order valence-electron chi connectivity index (χ3n) is 4.93. The maximum absolute atomic E-state index is 12.5. The van der Waals surface area contributed by atoms with Gasteiger partial charge in [0.15, 0.2) is 5.69 Å². The van der Waals surface area contributed by atoms with Crippen molar-refractivity contribution in [3.8, 4) is 11.3 Å². The number of nitrogens with zero attached hydrogens (tertiary/aromatic N) is 2. The molecule has 0 spiro atoms. The first-order valence-electron chi connectivity index (χ1n) is 9.61. The number of aromatic amines is 1. The molecule has 1 N–H and O–H groups in total. The van der Waals surface area contributed by atoms with E-state index in [0.717, 1.165) is 28.1 Å². The molecule has 1 aromatic carbocycles. The molecule has 0 amide bonds. The number of ether oxygens (including phenoxy) is 2. The number of carbonyl (C=O) groups is 2. The Labute approximate surface area is 166 Å². The van der Waals surface area contributed by atoms with Gasteiger partial charge in [0.25, 0.3) is 5.56 Å². The van der Waals surface area contributed by atoms with Crippen molar-refractivity contribution in [1.82, 2.24) is 14.4 Å². The lowest BCUT2D eigenvalue weighted by molar-refractivity contribution is -0.143. The Morgan fingerprint density at radius 1 is 1.21 bits per heavy atom. The summed E-state index contributed by atoms with van der Waals surface area (Å²) in [5, 5.41) is 0. The predicted octanol–water partition coefficient (Wildman–Crippen LogP) is 2.27. The van der Waals surface area contributed by atoms with Crippen LogP contribution in [-0.2, 0) is 27.1 Å². The molecular formula is C21H21N3O5. The molecule has 3 aromatic rings. The summed E-state index contributed by atoms with van der Waals surface area (Å²) in [5.74, 6) is -0.770. The number of benzene rings is 1. The zero-order valence-electron chi connectivity index (χ0n) is 16.3. The molecule has 150 valence electrons. The van der Waals surface area contributed by atoms with Gasteiger partial charge >= 0.3 is 11.9 Å². The monoisotopic (exact) mass is 395 g/mol. The van der Waals surface area contributed by atoms with Crippen molar-refractivity contribution in [3.05, 3.63) is 57.3 Å². The second-order valence-electron chi connectivity index (χ2n) is 6.79. The quantitative estimate of drug-likeness (QED) is 0.503. The highest BCUT2D eigenvalue weighted by Crippen LogP contribution is 2.35. The molecule has 0 bridgehead atoms. The number of H-pyrrole nitrogens is 1. The van der Waals surface area contributed by atoms with E-state index < -0.39 is 5.97 Å². The number of hydrogen-bond donors (Lipinski definition) is 1. The van der Waals surface area contributed by atoms with Crippen LogP contribution in [-0.4, -0.2) is 39.5 Å². The first-order valence-corrected chi connectivity index (χ1v) is 9.61. The molecule has 0 saturated heterocycles. The Bertz CT molecular complexity index is 1180.